The minimum absolute atomic E-state index is 0.0964. The van der Waals surface area contributed by atoms with Gasteiger partial charge in [-0.2, -0.15) is 15.3 Å². The average molecular weight is 414 g/mol. The van der Waals surface area contributed by atoms with Gasteiger partial charge in [0.2, 0.25) is 0 Å². The van der Waals surface area contributed by atoms with Crippen LogP contribution < -0.4 is 0 Å². The Bertz CT molecular complexity index is 1140. The monoisotopic (exact) mass is 413 g/mol. The van der Waals surface area contributed by atoms with E-state index < -0.39 is 0 Å². The Morgan fingerprint density at radius 2 is 1.93 bits per heavy atom. The van der Waals surface area contributed by atoms with Crippen molar-refractivity contribution in [2.45, 2.75) is 32.9 Å². The minimum atomic E-state index is -0.0964. The van der Waals surface area contributed by atoms with Crippen molar-refractivity contribution in [1.29, 1.82) is 0 Å². The lowest BCUT2D eigenvalue weighted by atomic mass is 10.1. The molecule has 0 amide bonds. The highest BCUT2D eigenvalue weighted by molar-refractivity contribution is 7.71. The molecule has 1 N–H and O–H groups in total. The van der Waals surface area contributed by atoms with Crippen molar-refractivity contribution >= 4 is 23.8 Å². The third-order valence-corrected chi connectivity index (χ3v) is 5.08. The van der Waals surface area contributed by atoms with Crippen LogP contribution in [0.3, 0.4) is 0 Å². The molecule has 0 radical (unpaired) electrons. The van der Waals surface area contributed by atoms with E-state index in [0.717, 1.165) is 17.9 Å². The molecule has 0 aliphatic rings. The maximum atomic E-state index is 6.05. The molecule has 0 aliphatic heterocycles. The predicted molar refractivity (Wildman–Crippen MR) is 110 cm³/mol. The van der Waals surface area contributed by atoms with Gasteiger partial charge in [0.15, 0.2) is 10.6 Å². The minimum Gasteiger partial charge on any atom is -0.267 e. The van der Waals surface area contributed by atoms with Crippen LogP contribution in [0.4, 0.5) is 0 Å². The zero-order chi connectivity index (χ0) is 19.7. The number of H-pyrrole nitrogens is 1. The van der Waals surface area contributed by atoms with Crippen LogP contribution in [0.25, 0.3) is 5.69 Å². The van der Waals surface area contributed by atoms with Gasteiger partial charge in [-0.25, -0.2) is 0 Å². The molecule has 28 heavy (non-hydrogen) atoms. The molecule has 3 heterocycles. The maximum Gasteiger partial charge on any atom is 0.200 e. The molecular formula is C19H20ClN7S. The quantitative estimate of drug-likeness (QED) is 0.477. The maximum absolute atomic E-state index is 6.05. The fourth-order valence-corrected chi connectivity index (χ4v) is 3.58. The number of aromatic amines is 1. The van der Waals surface area contributed by atoms with Crippen molar-refractivity contribution in [3.05, 3.63) is 75.8 Å². The molecule has 3 aromatic heterocycles. The Hall–Kier alpha value is -2.71. The first-order valence-electron chi connectivity index (χ1n) is 9.00. The fourth-order valence-electron chi connectivity index (χ4n) is 3.19. The number of aromatic nitrogens is 7. The summed E-state index contributed by atoms with van der Waals surface area (Å²) in [4.78, 5) is 0. The van der Waals surface area contributed by atoms with Crippen LogP contribution in [0.15, 0.2) is 49.1 Å². The summed E-state index contributed by atoms with van der Waals surface area (Å²) in [6.45, 7) is 4.84. The second-order valence-corrected chi connectivity index (χ2v) is 7.49. The lowest BCUT2D eigenvalue weighted by molar-refractivity contribution is 0.477. The zero-order valence-electron chi connectivity index (χ0n) is 15.6. The van der Waals surface area contributed by atoms with E-state index in [-0.39, 0.29) is 6.04 Å². The van der Waals surface area contributed by atoms with Gasteiger partial charge in [-0.1, -0.05) is 48.4 Å². The Kier molecular flexibility index (Phi) is 5.15. The molecule has 9 heteroatoms. The van der Waals surface area contributed by atoms with Crippen molar-refractivity contribution in [2.24, 2.45) is 0 Å². The summed E-state index contributed by atoms with van der Waals surface area (Å²) in [6, 6.07) is 8.33. The predicted octanol–water partition coefficient (Wildman–Crippen LogP) is 4.33. The Morgan fingerprint density at radius 3 is 2.61 bits per heavy atom. The second kappa shape index (κ2) is 7.73. The number of benzene rings is 1. The summed E-state index contributed by atoms with van der Waals surface area (Å²) in [5, 5.41) is 16.8. The van der Waals surface area contributed by atoms with Crippen LogP contribution in [0.5, 0.6) is 0 Å². The van der Waals surface area contributed by atoms with Crippen LogP contribution in [-0.4, -0.2) is 34.3 Å². The summed E-state index contributed by atoms with van der Waals surface area (Å²) in [5.74, 6) is 0.766. The van der Waals surface area contributed by atoms with Crippen LogP contribution >= 0.6 is 23.8 Å². The molecule has 0 saturated carbocycles. The van der Waals surface area contributed by atoms with Gasteiger partial charge in [0.25, 0.3) is 0 Å². The fraction of sp³-hybridized carbons (Fsp3) is 0.263. The summed E-state index contributed by atoms with van der Waals surface area (Å²) in [7, 11) is 0. The highest BCUT2D eigenvalue weighted by Gasteiger charge is 2.21. The van der Waals surface area contributed by atoms with Crippen molar-refractivity contribution in [2.75, 3.05) is 0 Å². The summed E-state index contributed by atoms with van der Waals surface area (Å²) < 4.78 is 6.12. The number of aryl methyl sites for hydroxylation is 1. The van der Waals surface area contributed by atoms with Crippen molar-refractivity contribution in [3.63, 3.8) is 0 Å². The number of halogens is 1. The standard InChI is InChI=1S/C19H20ClN7S/c1-3-17(26-11-15(20)8-22-26)18-23-24-19(28)27(18)16-9-21-25(12-16)10-14-6-4-13(2)5-7-14/h4-9,11-12,17H,3,10H2,1-2H3,(H,24,28)/t17-/m1/s1. The molecule has 1 aromatic carbocycles. The first-order chi connectivity index (χ1) is 13.5. The SMILES string of the molecule is CC[C@H](c1n[nH]c(=S)n1-c1cnn(Cc2ccc(C)cc2)c1)n1cc(Cl)cn1. The molecule has 0 bridgehead atoms. The van der Waals surface area contributed by atoms with Gasteiger partial charge >= 0.3 is 0 Å². The largest absolute Gasteiger partial charge is 0.267 e. The highest BCUT2D eigenvalue weighted by Crippen LogP contribution is 2.24. The number of rotatable bonds is 6. The lowest BCUT2D eigenvalue weighted by Gasteiger charge is -2.15. The molecular weight excluding hydrogens is 394 g/mol. The third-order valence-electron chi connectivity index (χ3n) is 4.62. The lowest BCUT2D eigenvalue weighted by Crippen LogP contribution is -2.15. The summed E-state index contributed by atoms with van der Waals surface area (Å²) in [5.41, 5.74) is 3.29. The van der Waals surface area contributed by atoms with Gasteiger partial charge in [-0.15, -0.1) is 0 Å². The number of nitrogens with zero attached hydrogens (tertiary/aromatic N) is 6. The molecule has 7 nitrogen and oxygen atoms in total. The van der Waals surface area contributed by atoms with Gasteiger partial charge < -0.3 is 0 Å². The van der Waals surface area contributed by atoms with E-state index in [4.69, 9.17) is 23.8 Å². The average Bonchev–Trinajstić information content (AvgIpc) is 3.39. The molecule has 4 aromatic rings. The van der Waals surface area contributed by atoms with Gasteiger partial charge in [0.1, 0.15) is 6.04 Å². The van der Waals surface area contributed by atoms with E-state index in [1.807, 2.05) is 15.4 Å². The van der Waals surface area contributed by atoms with Gasteiger partial charge in [-0.05, 0) is 31.1 Å². The van der Waals surface area contributed by atoms with E-state index in [0.29, 0.717) is 16.3 Å². The van der Waals surface area contributed by atoms with Gasteiger partial charge in [-0.3, -0.25) is 19.0 Å². The topological polar surface area (TPSA) is 69.2 Å². The van der Waals surface area contributed by atoms with E-state index in [1.54, 1.807) is 23.3 Å². The van der Waals surface area contributed by atoms with E-state index in [1.165, 1.54) is 11.1 Å². The van der Waals surface area contributed by atoms with E-state index >= 15 is 0 Å². The van der Waals surface area contributed by atoms with E-state index in [9.17, 15) is 0 Å². The molecule has 0 fully saturated rings. The Labute approximate surface area is 172 Å². The highest BCUT2D eigenvalue weighted by atomic mass is 35.5. The van der Waals surface area contributed by atoms with E-state index in [2.05, 4.69) is 58.5 Å². The normalized spacial score (nSPS) is 12.4. The molecule has 0 spiro atoms. The van der Waals surface area contributed by atoms with Crippen molar-refractivity contribution in [3.8, 4) is 5.69 Å². The van der Waals surface area contributed by atoms with Crippen molar-refractivity contribution in [1.82, 2.24) is 34.3 Å². The van der Waals surface area contributed by atoms with Crippen LogP contribution in [-0.2, 0) is 6.54 Å². The summed E-state index contributed by atoms with van der Waals surface area (Å²) >= 11 is 11.5. The molecule has 0 saturated heterocycles. The molecule has 144 valence electrons. The number of hydrogen-bond donors (Lipinski definition) is 1. The van der Waals surface area contributed by atoms with Crippen LogP contribution in [0.1, 0.15) is 36.3 Å². The smallest absolute Gasteiger partial charge is 0.200 e. The van der Waals surface area contributed by atoms with Gasteiger partial charge in [0.05, 0.1) is 29.6 Å². The second-order valence-electron chi connectivity index (χ2n) is 6.67. The number of hydrogen-bond acceptors (Lipinski definition) is 4. The van der Waals surface area contributed by atoms with Crippen LogP contribution in [0.2, 0.25) is 5.02 Å². The zero-order valence-corrected chi connectivity index (χ0v) is 17.2. The Balaban J connectivity index is 1.67. The molecule has 1 atom stereocenters. The first-order valence-corrected chi connectivity index (χ1v) is 9.79. The molecule has 0 unspecified atom stereocenters. The third kappa shape index (κ3) is 3.65. The summed E-state index contributed by atoms with van der Waals surface area (Å²) in [6.07, 6.45) is 7.96. The molecule has 4 rings (SSSR count). The first kappa shape index (κ1) is 18.6. The van der Waals surface area contributed by atoms with Crippen LogP contribution in [0, 0.1) is 11.7 Å². The molecule has 0 aliphatic carbocycles. The van der Waals surface area contributed by atoms with Crippen molar-refractivity contribution < 1.29 is 0 Å². The Morgan fingerprint density at radius 1 is 1.14 bits per heavy atom. The number of nitrogens with one attached hydrogen (secondary N) is 1. The van der Waals surface area contributed by atoms with Gasteiger partial charge in [0, 0.05) is 12.4 Å².